The zero-order valence-electron chi connectivity index (χ0n) is 4.55. The molecule has 0 saturated carbocycles. The summed E-state index contributed by atoms with van der Waals surface area (Å²) in [4.78, 5) is 26.5. The van der Waals surface area contributed by atoms with Gasteiger partial charge in [-0.2, -0.15) is 0 Å². The van der Waals surface area contributed by atoms with Crippen molar-refractivity contribution < 1.29 is 19.1 Å². The van der Waals surface area contributed by atoms with E-state index < -0.39 is 13.0 Å². The number of hydrogen-bond donors (Lipinski definition) is 3. The van der Waals surface area contributed by atoms with E-state index in [1.165, 1.54) is 0 Å². The number of carbonyl (C=O) groups excluding carboxylic acids is 1. The first-order chi connectivity index (χ1) is 3.85. The highest BCUT2D eigenvalue weighted by Crippen LogP contribution is 2.38. The smallest absolute Gasteiger partial charge is 0.308 e. The lowest BCUT2D eigenvalue weighted by molar-refractivity contribution is 0.238. The summed E-state index contributed by atoms with van der Waals surface area (Å²) in [6.07, 6.45) is 0. The SMILES string of the molecule is CN(C(=O)S)P(=O)(O)O. The molecular formula is C2H6NO4PS. The van der Waals surface area contributed by atoms with Crippen LogP contribution in [0.25, 0.3) is 0 Å². The predicted molar refractivity (Wildman–Crippen MR) is 34.2 cm³/mol. The molecule has 2 N–H and O–H groups in total. The molecule has 0 aliphatic carbocycles. The van der Waals surface area contributed by atoms with E-state index in [-0.39, 0.29) is 4.67 Å². The van der Waals surface area contributed by atoms with E-state index in [0.717, 1.165) is 7.05 Å². The van der Waals surface area contributed by atoms with Crippen molar-refractivity contribution in [1.82, 2.24) is 4.67 Å². The molecule has 0 fully saturated rings. The van der Waals surface area contributed by atoms with E-state index in [0.29, 0.717) is 0 Å². The maximum Gasteiger partial charge on any atom is 0.432 e. The van der Waals surface area contributed by atoms with Crippen LogP contribution in [0.4, 0.5) is 4.79 Å². The fourth-order valence-electron chi connectivity index (χ4n) is 0.111. The third kappa shape index (κ3) is 2.86. The summed E-state index contributed by atoms with van der Waals surface area (Å²) in [5.74, 6) is 0. The van der Waals surface area contributed by atoms with E-state index in [1.54, 1.807) is 0 Å². The third-order valence-electron chi connectivity index (χ3n) is 0.668. The Hall–Kier alpha value is -0.0300. The first-order valence-electron chi connectivity index (χ1n) is 1.88. The summed E-state index contributed by atoms with van der Waals surface area (Å²) in [6.45, 7) is 0. The summed E-state index contributed by atoms with van der Waals surface area (Å²) < 4.78 is 10.4. The number of amides is 1. The minimum Gasteiger partial charge on any atom is -0.308 e. The third-order valence-corrected chi connectivity index (χ3v) is 2.09. The van der Waals surface area contributed by atoms with Gasteiger partial charge in [0.1, 0.15) is 0 Å². The standard InChI is InChI=1S/C2H6NO4PS/c1-3(2(4)9)8(5,6)7/h1H3,(H,4,9)(H2,5,6,7). The number of rotatable bonds is 1. The molecule has 1 amide bonds. The molecule has 0 bridgehead atoms. The van der Waals surface area contributed by atoms with Crippen LogP contribution in [0.1, 0.15) is 0 Å². The zero-order valence-corrected chi connectivity index (χ0v) is 6.34. The molecule has 0 rings (SSSR count). The highest BCUT2D eigenvalue weighted by Gasteiger charge is 2.23. The van der Waals surface area contributed by atoms with Crippen molar-refractivity contribution in [2.45, 2.75) is 0 Å². The Kier molecular flexibility index (Phi) is 2.69. The summed E-state index contributed by atoms with van der Waals surface area (Å²) >= 11 is 3.18. The second-order valence-electron chi connectivity index (χ2n) is 1.32. The molecule has 0 aliphatic rings. The normalized spacial score (nSPS) is 11.1. The van der Waals surface area contributed by atoms with Crippen LogP contribution < -0.4 is 0 Å². The van der Waals surface area contributed by atoms with Crippen LogP contribution in [0.15, 0.2) is 0 Å². The average molecular weight is 171 g/mol. The molecule has 0 atom stereocenters. The van der Waals surface area contributed by atoms with Crippen LogP contribution in [0.3, 0.4) is 0 Å². The number of hydrogen-bond acceptors (Lipinski definition) is 2. The van der Waals surface area contributed by atoms with Crippen LogP contribution >= 0.6 is 20.4 Å². The molecule has 9 heavy (non-hydrogen) atoms. The molecule has 0 aromatic rings. The van der Waals surface area contributed by atoms with Gasteiger partial charge in [-0.1, -0.05) is 12.6 Å². The Morgan fingerprint density at radius 2 is 2.00 bits per heavy atom. The summed E-state index contributed by atoms with van der Waals surface area (Å²) in [6, 6.07) is 0. The van der Waals surface area contributed by atoms with Crippen LogP contribution in [-0.4, -0.2) is 26.7 Å². The topological polar surface area (TPSA) is 77.8 Å². The van der Waals surface area contributed by atoms with Crippen molar-refractivity contribution in [2.75, 3.05) is 7.05 Å². The summed E-state index contributed by atoms with van der Waals surface area (Å²) in [5, 5.41) is -0.955. The molecule has 0 aromatic carbocycles. The molecule has 54 valence electrons. The molecule has 0 saturated heterocycles. The van der Waals surface area contributed by atoms with Gasteiger partial charge in [0.25, 0.3) is 5.24 Å². The Bertz CT molecular complexity index is 164. The van der Waals surface area contributed by atoms with Gasteiger partial charge in [-0.25, -0.2) is 9.24 Å². The van der Waals surface area contributed by atoms with Gasteiger partial charge in [-0.3, -0.25) is 4.79 Å². The van der Waals surface area contributed by atoms with Crippen LogP contribution in [0, 0.1) is 0 Å². The number of nitrogens with zero attached hydrogens (tertiary/aromatic N) is 1. The van der Waals surface area contributed by atoms with Gasteiger partial charge in [0.05, 0.1) is 0 Å². The summed E-state index contributed by atoms with van der Waals surface area (Å²) in [5.41, 5.74) is 0. The van der Waals surface area contributed by atoms with E-state index in [2.05, 4.69) is 12.6 Å². The monoisotopic (exact) mass is 171 g/mol. The Balaban J connectivity index is 4.23. The van der Waals surface area contributed by atoms with Crippen LogP contribution in [0.5, 0.6) is 0 Å². The van der Waals surface area contributed by atoms with Crippen molar-refractivity contribution in [3.63, 3.8) is 0 Å². The lowest BCUT2D eigenvalue weighted by Crippen LogP contribution is -2.16. The van der Waals surface area contributed by atoms with Gasteiger partial charge in [0.2, 0.25) is 0 Å². The fourth-order valence-corrected chi connectivity index (χ4v) is 0.684. The van der Waals surface area contributed by atoms with Gasteiger partial charge in [0, 0.05) is 7.05 Å². The summed E-state index contributed by atoms with van der Waals surface area (Å²) in [7, 11) is -3.44. The maximum atomic E-state index is 10.1. The van der Waals surface area contributed by atoms with E-state index in [4.69, 9.17) is 9.79 Å². The molecular weight excluding hydrogens is 165 g/mol. The minimum absolute atomic E-state index is 0.246. The number of carbonyl (C=O) groups is 1. The molecule has 0 radical (unpaired) electrons. The average Bonchev–Trinajstić information content (AvgIpc) is 1.62. The molecule has 0 aliphatic heterocycles. The second-order valence-corrected chi connectivity index (χ2v) is 3.33. The van der Waals surface area contributed by atoms with Crippen molar-refractivity contribution >= 4 is 25.6 Å². The highest BCUT2D eigenvalue weighted by atomic mass is 32.1. The van der Waals surface area contributed by atoms with Crippen LogP contribution in [-0.2, 0) is 4.57 Å². The van der Waals surface area contributed by atoms with Crippen molar-refractivity contribution in [2.24, 2.45) is 0 Å². The van der Waals surface area contributed by atoms with Gasteiger partial charge in [-0.15, -0.1) is 0 Å². The lowest BCUT2D eigenvalue weighted by atomic mass is 11.2. The van der Waals surface area contributed by atoms with Crippen molar-refractivity contribution in [1.29, 1.82) is 0 Å². The first-order valence-corrected chi connectivity index (χ1v) is 3.89. The Morgan fingerprint density at radius 3 is 2.00 bits per heavy atom. The predicted octanol–water partition coefficient (Wildman–Crippen LogP) is 0.0607. The Labute approximate surface area is 57.3 Å². The lowest BCUT2D eigenvalue weighted by Gasteiger charge is -2.13. The van der Waals surface area contributed by atoms with Crippen molar-refractivity contribution in [3.05, 3.63) is 0 Å². The molecule has 0 unspecified atom stereocenters. The van der Waals surface area contributed by atoms with Gasteiger partial charge < -0.3 is 9.79 Å². The molecule has 0 heterocycles. The van der Waals surface area contributed by atoms with Gasteiger partial charge in [-0.05, 0) is 0 Å². The largest absolute Gasteiger partial charge is 0.432 e. The molecule has 0 spiro atoms. The minimum atomic E-state index is -4.41. The maximum absolute atomic E-state index is 10.1. The van der Waals surface area contributed by atoms with Crippen LogP contribution in [0.2, 0.25) is 0 Å². The Morgan fingerprint density at radius 1 is 1.67 bits per heavy atom. The highest BCUT2D eigenvalue weighted by molar-refractivity contribution is 7.97. The molecule has 5 nitrogen and oxygen atoms in total. The first kappa shape index (κ1) is 8.97. The molecule has 7 heteroatoms. The van der Waals surface area contributed by atoms with Crippen molar-refractivity contribution in [3.8, 4) is 0 Å². The van der Waals surface area contributed by atoms with E-state index in [9.17, 15) is 9.36 Å². The quantitative estimate of drug-likeness (QED) is 0.385. The molecule has 0 aromatic heterocycles. The number of thiol groups is 1. The van der Waals surface area contributed by atoms with E-state index >= 15 is 0 Å². The fraction of sp³-hybridized carbons (Fsp3) is 0.500. The second kappa shape index (κ2) is 2.70. The van der Waals surface area contributed by atoms with Gasteiger partial charge in [0.15, 0.2) is 0 Å². The van der Waals surface area contributed by atoms with E-state index in [1.807, 2.05) is 0 Å². The van der Waals surface area contributed by atoms with Gasteiger partial charge >= 0.3 is 7.75 Å². The zero-order chi connectivity index (χ0) is 7.65.